The van der Waals surface area contributed by atoms with E-state index in [2.05, 4.69) is 46.4 Å². The Morgan fingerprint density at radius 1 is 1.24 bits per heavy atom. The fraction of sp³-hybridized carbons (Fsp3) is 0.500. The Hall–Kier alpha value is -1.64. The number of hydrogen-bond acceptors (Lipinski definition) is 4. The highest BCUT2D eigenvalue weighted by atomic mass is 127. The van der Waals surface area contributed by atoms with Crippen LogP contribution in [0.25, 0.3) is 0 Å². The van der Waals surface area contributed by atoms with Crippen LogP contribution in [0.4, 0.5) is 5.69 Å². The van der Waals surface area contributed by atoms with Crippen molar-refractivity contribution < 1.29 is 4.52 Å². The summed E-state index contributed by atoms with van der Waals surface area (Å²) in [4.78, 5) is 8.69. The maximum absolute atomic E-state index is 5.94. The largest absolute Gasteiger partial charge is 0.370 e. The first-order valence-corrected chi connectivity index (χ1v) is 8.45. The highest BCUT2D eigenvalue weighted by molar-refractivity contribution is 14.0. The van der Waals surface area contributed by atoms with Gasteiger partial charge in [-0.1, -0.05) is 45.0 Å². The van der Waals surface area contributed by atoms with Crippen LogP contribution in [0.15, 0.2) is 33.8 Å². The third-order valence-corrected chi connectivity index (χ3v) is 3.66. The van der Waals surface area contributed by atoms with Crippen LogP contribution >= 0.6 is 24.0 Å². The molecule has 138 valence electrons. The van der Waals surface area contributed by atoms with E-state index in [1.807, 2.05) is 26.0 Å². The first kappa shape index (κ1) is 21.4. The van der Waals surface area contributed by atoms with E-state index in [0.29, 0.717) is 30.7 Å². The second-order valence-electron chi connectivity index (χ2n) is 6.48. The van der Waals surface area contributed by atoms with Gasteiger partial charge in [0.1, 0.15) is 0 Å². The molecular weight excluding hydrogens is 429 g/mol. The van der Waals surface area contributed by atoms with Crippen LogP contribution in [0.1, 0.15) is 63.2 Å². The molecule has 2 aromatic rings. The lowest BCUT2D eigenvalue weighted by Crippen LogP contribution is -2.23. The van der Waals surface area contributed by atoms with Crippen LogP contribution in [0.5, 0.6) is 0 Å². The van der Waals surface area contributed by atoms with Gasteiger partial charge in [0, 0.05) is 24.6 Å². The van der Waals surface area contributed by atoms with Gasteiger partial charge in [0.2, 0.25) is 5.89 Å². The molecule has 1 heterocycles. The smallest absolute Gasteiger partial charge is 0.226 e. The van der Waals surface area contributed by atoms with Gasteiger partial charge in [0.15, 0.2) is 11.8 Å². The van der Waals surface area contributed by atoms with Gasteiger partial charge >= 0.3 is 0 Å². The lowest BCUT2D eigenvalue weighted by Gasteiger charge is -2.09. The maximum Gasteiger partial charge on any atom is 0.226 e. The summed E-state index contributed by atoms with van der Waals surface area (Å²) in [5.41, 5.74) is 8.17. The van der Waals surface area contributed by atoms with E-state index in [4.69, 9.17) is 10.3 Å². The Bertz CT molecular complexity index is 682. The molecule has 0 bridgehead atoms. The number of aromatic nitrogens is 2. The standard InChI is InChI=1S/C18H27N5O.HI/c1-12(2)14-7-5-8-15(11-14)21-18(19)20-10-6-9-16-22-17(13(3)4)23-24-16;/h5,7-8,11-13H,6,9-10H2,1-4H3,(H3,19,20,21);1H. The molecule has 0 radical (unpaired) electrons. The van der Waals surface area contributed by atoms with Gasteiger partial charge in [-0.2, -0.15) is 4.98 Å². The molecule has 7 heteroatoms. The van der Waals surface area contributed by atoms with Crippen LogP contribution in [0.2, 0.25) is 0 Å². The maximum atomic E-state index is 5.94. The number of anilines is 1. The van der Waals surface area contributed by atoms with E-state index in [0.717, 1.165) is 17.9 Å². The van der Waals surface area contributed by atoms with Crippen molar-refractivity contribution in [3.63, 3.8) is 0 Å². The van der Waals surface area contributed by atoms with Crippen LogP contribution in [-0.4, -0.2) is 22.6 Å². The van der Waals surface area contributed by atoms with Gasteiger partial charge < -0.3 is 15.6 Å². The fourth-order valence-corrected chi connectivity index (χ4v) is 2.20. The second-order valence-corrected chi connectivity index (χ2v) is 6.48. The zero-order valence-corrected chi connectivity index (χ0v) is 17.7. The van der Waals surface area contributed by atoms with E-state index < -0.39 is 0 Å². The lowest BCUT2D eigenvalue weighted by molar-refractivity contribution is 0.369. The summed E-state index contributed by atoms with van der Waals surface area (Å²) in [5.74, 6) is 2.59. The quantitative estimate of drug-likeness (QED) is 0.280. The first-order valence-electron chi connectivity index (χ1n) is 8.45. The molecule has 0 spiro atoms. The topological polar surface area (TPSA) is 89.3 Å². The van der Waals surface area contributed by atoms with Crippen LogP contribution in [0.3, 0.4) is 0 Å². The Morgan fingerprint density at radius 2 is 2.00 bits per heavy atom. The molecule has 25 heavy (non-hydrogen) atoms. The Kier molecular flexibility index (Phi) is 8.88. The van der Waals surface area contributed by atoms with E-state index in [-0.39, 0.29) is 29.9 Å². The van der Waals surface area contributed by atoms with Gasteiger partial charge in [0.25, 0.3) is 0 Å². The normalized spacial score (nSPS) is 11.7. The Morgan fingerprint density at radius 3 is 2.64 bits per heavy atom. The molecule has 0 unspecified atom stereocenters. The van der Waals surface area contributed by atoms with Crippen LogP contribution in [-0.2, 0) is 6.42 Å². The van der Waals surface area contributed by atoms with E-state index in [9.17, 15) is 0 Å². The number of guanidine groups is 1. The summed E-state index contributed by atoms with van der Waals surface area (Å²) in [6.45, 7) is 9.03. The number of benzene rings is 1. The predicted octanol–water partition coefficient (Wildman–Crippen LogP) is 4.29. The molecule has 1 aromatic carbocycles. The third-order valence-electron chi connectivity index (χ3n) is 3.66. The SMILES string of the molecule is CC(C)c1cccc(NC(N)=NCCCc2nc(C(C)C)no2)c1.I. The number of halogens is 1. The molecule has 0 amide bonds. The van der Waals surface area contributed by atoms with Gasteiger partial charge in [0.05, 0.1) is 0 Å². The van der Waals surface area contributed by atoms with Crippen LogP contribution < -0.4 is 11.1 Å². The molecule has 0 saturated heterocycles. The summed E-state index contributed by atoms with van der Waals surface area (Å²) in [5, 5.41) is 7.08. The molecule has 0 saturated carbocycles. The molecular formula is C18H28IN5O. The predicted molar refractivity (Wildman–Crippen MR) is 113 cm³/mol. The number of nitrogens with one attached hydrogen (secondary N) is 1. The molecule has 6 nitrogen and oxygen atoms in total. The van der Waals surface area contributed by atoms with Crippen molar-refractivity contribution in [1.82, 2.24) is 10.1 Å². The Labute approximate surface area is 166 Å². The minimum Gasteiger partial charge on any atom is -0.370 e. The highest BCUT2D eigenvalue weighted by Crippen LogP contribution is 2.18. The summed E-state index contributed by atoms with van der Waals surface area (Å²) in [7, 11) is 0. The van der Waals surface area contributed by atoms with Crippen molar-refractivity contribution in [2.75, 3.05) is 11.9 Å². The third kappa shape index (κ3) is 7.01. The van der Waals surface area contributed by atoms with Crippen LogP contribution in [0, 0.1) is 0 Å². The van der Waals surface area contributed by atoms with Crippen molar-refractivity contribution in [3.8, 4) is 0 Å². The number of aliphatic imine (C=N–C) groups is 1. The van der Waals surface area contributed by atoms with Gasteiger partial charge in [-0.25, -0.2) is 0 Å². The zero-order chi connectivity index (χ0) is 17.5. The summed E-state index contributed by atoms with van der Waals surface area (Å²) in [6.07, 6.45) is 1.52. The van der Waals surface area contributed by atoms with Crippen molar-refractivity contribution in [3.05, 3.63) is 41.5 Å². The molecule has 1 aromatic heterocycles. The number of rotatable bonds is 7. The molecule has 0 aliphatic heterocycles. The summed E-state index contributed by atoms with van der Waals surface area (Å²) >= 11 is 0. The second kappa shape index (κ2) is 10.4. The van der Waals surface area contributed by atoms with Gasteiger partial charge in [-0.05, 0) is 30.0 Å². The molecule has 2 rings (SSSR count). The highest BCUT2D eigenvalue weighted by Gasteiger charge is 2.08. The van der Waals surface area contributed by atoms with Gasteiger partial charge in [-0.3, -0.25) is 4.99 Å². The molecule has 3 N–H and O–H groups in total. The number of hydrogen-bond donors (Lipinski definition) is 2. The number of nitrogens with two attached hydrogens (primary N) is 1. The monoisotopic (exact) mass is 457 g/mol. The van der Waals surface area contributed by atoms with E-state index in [1.165, 1.54) is 5.56 Å². The minimum absolute atomic E-state index is 0. The average molecular weight is 457 g/mol. The average Bonchev–Trinajstić information content (AvgIpc) is 3.01. The molecule has 0 fully saturated rings. The molecule has 0 atom stereocenters. The zero-order valence-electron chi connectivity index (χ0n) is 15.3. The fourth-order valence-electron chi connectivity index (χ4n) is 2.20. The van der Waals surface area contributed by atoms with E-state index in [1.54, 1.807) is 0 Å². The summed E-state index contributed by atoms with van der Waals surface area (Å²) in [6, 6.07) is 8.21. The minimum atomic E-state index is 0. The Balaban J connectivity index is 0.00000312. The van der Waals surface area contributed by atoms with Crippen molar-refractivity contribution >= 4 is 35.6 Å². The lowest BCUT2D eigenvalue weighted by atomic mass is 10.0. The van der Waals surface area contributed by atoms with Crippen molar-refractivity contribution in [2.45, 2.75) is 52.4 Å². The van der Waals surface area contributed by atoms with Gasteiger partial charge in [-0.15, -0.1) is 24.0 Å². The number of nitrogens with zero attached hydrogens (tertiary/aromatic N) is 3. The van der Waals surface area contributed by atoms with Crippen molar-refractivity contribution in [2.24, 2.45) is 10.7 Å². The number of aryl methyl sites for hydroxylation is 1. The first-order chi connectivity index (χ1) is 11.5. The molecule has 0 aliphatic carbocycles. The summed E-state index contributed by atoms with van der Waals surface area (Å²) < 4.78 is 5.21. The molecule has 0 aliphatic rings. The van der Waals surface area contributed by atoms with Crippen molar-refractivity contribution in [1.29, 1.82) is 0 Å². The van der Waals surface area contributed by atoms with E-state index >= 15 is 0 Å².